The van der Waals surface area contributed by atoms with Gasteiger partial charge >= 0.3 is 0 Å². The second-order valence-electron chi connectivity index (χ2n) is 7.87. The lowest BCUT2D eigenvalue weighted by Crippen LogP contribution is -2.43. The van der Waals surface area contributed by atoms with Crippen molar-refractivity contribution in [3.8, 4) is 17.2 Å². The zero-order valence-electron chi connectivity index (χ0n) is 19.2. The Kier molecular flexibility index (Phi) is 7.22. The van der Waals surface area contributed by atoms with Crippen LogP contribution in [0.2, 0.25) is 5.02 Å². The number of methoxy groups -OCH3 is 1. The zero-order valence-corrected chi connectivity index (χ0v) is 19.9. The van der Waals surface area contributed by atoms with Crippen LogP contribution in [0.3, 0.4) is 0 Å². The molecule has 0 saturated carbocycles. The summed E-state index contributed by atoms with van der Waals surface area (Å²) in [6.45, 7) is 1.22. The highest BCUT2D eigenvalue weighted by Crippen LogP contribution is 2.33. The first-order chi connectivity index (χ1) is 16.8. The Bertz CT molecular complexity index is 1280. The Hall–Kier alpha value is -4.04. The van der Waals surface area contributed by atoms with Gasteiger partial charge in [-0.1, -0.05) is 17.7 Å². The van der Waals surface area contributed by atoms with Crippen LogP contribution in [0.15, 0.2) is 60.7 Å². The lowest BCUT2D eigenvalue weighted by Gasteiger charge is -2.29. The van der Waals surface area contributed by atoms with Crippen LogP contribution in [-0.2, 0) is 9.59 Å². The maximum Gasteiger partial charge on any atom is 0.265 e. The van der Waals surface area contributed by atoms with Crippen LogP contribution in [0.1, 0.15) is 15.9 Å². The quantitative estimate of drug-likeness (QED) is 0.470. The fourth-order valence-corrected chi connectivity index (χ4v) is 3.81. The molecule has 0 unspecified atom stereocenters. The molecule has 0 fully saturated rings. The summed E-state index contributed by atoms with van der Waals surface area (Å²) in [5.74, 6) is 0.358. The van der Waals surface area contributed by atoms with Crippen LogP contribution in [0.4, 0.5) is 11.4 Å². The van der Waals surface area contributed by atoms with Crippen LogP contribution in [0.5, 0.6) is 17.2 Å². The van der Waals surface area contributed by atoms with E-state index in [1.807, 2.05) is 13.0 Å². The summed E-state index contributed by atoms with van der Waals surface area (Å²) in [4.78, 5) is 39.3. The van der Waals surface area contributed by atoms with Gasteiger partial charge in [-0.25, -0.2) is 0 Å². The molecule has 1 aliphatic rings. The van der Waals surface area contributed by atoms with E-state index in [0.717, 1.165) is 5.56 Å². The van der Waals surface area contributed by atoms with Gasteiger partial charge in [0.25, 0.3) is 5.91 Å². The molecule has 2 amide bonds. The molecule has 3 aromatic rings. The van der Waals surface area contributed by atoms with E-state index in [0.29, 0.717) is 39.2 Å². The molecule has 1 N–H and O–H groups in total. The number of hydrogen-bond donors (Lipinski definition) is 1. The molecule has 35 heavy (non-hydrogen) atoms. The number of carbonyl (C=O) groups excluding carboxylic acids is 3. The highest BCUT2D eigenvalue weighted by molar-refractivity contribution is 6.32. The van der Waals surface area contributed by atoms with Crippen LogP contribution < -0.4 is 24.4 Å². The van der Waals surface area contributed by atoms with E-state index in [2.05, 4.69) is 5.32 Å². The van der Waals surface area contributed by atoms with Gasteiger partial charge < -0.3 is 19.5 Å². The molecule has 0 aliphatic carbocycles. The van der Waals surface area contributed by atoms with Gasteiger partial charge in [-0.15, -0.1) is 0 Å². The Morgan fingerprint density at radius 1 is 1.09 bits per heavy atom. The van der Waals surface area contributed by atoms with E-state index in [-0.39, 0.29) is 25.5 Å². The average molecular weight is 495 g/mol. The number of nitrogens with one attached hydrogen (secondary N) is 1. The molecule has 8 nitrogen and oxygen atoms in total. The predicted octanol–water partition coefficient (Wildman–Crippen LogP) is 4.28. The molecule has 1 heterocycles. The number of amides is 2. The summed E-state index contributed by atoms with van der Waals surface area (Å²) in [6.07, 6.45) is 0. The SMILES string of the molecule is COc1ccc(NC(=O)CN2C(=O)COc3ccc(C(=O)COc4ccc(C)cc4Cl)cc32)cc1. The molecule has 0 bridgehead atoms. The lowest BCUT2D eigenvalue weighted by atomic mass is 10.1. The predicted molar refractivity (Wildman–Crippen MR) is 132 cm³/mol. The first-order valence-electron chi connectivity index (χ1n) is 10.8. The fraction of sp³-hybridized carbons (Fsp3) is 0.192. The van der Waals surface area contributed by atoms with E-state index >= 15 is 0 Å². The molecule has 9 heteroatoms. The Morgan fingerprint density at radius 3 is 2.57 bits per heavy atom. The third-order valence-electron chi connectivity index (χ3n) is 5.35. The molecule has 4 rings (SSSR count). The van der Waals surface area contributed by atoms with Gasteiger partial charge in [-0.2, -0.15) is 0 Å². The number of halogens is 1. The number of hydrogen-bond acceptors (Lipinski definition) is 6. The van der Waals surface area contributed by atoms with Gasteiger partial charge in [0, 0.05) is 11.3 Å². The van der Waals surface area contributed by atoms with Crippen molar-refractivity contribution in [2.75, 3.05) is 37.1 Å². The monoisotopic (exact) mass is 494 g/mol. The largest absolute Gasteiger partial charge is 0.497 e. The van der Waals surface area contributed by atoms with E-state index in [1.165, 1.54) is 11.0 Å². The molecule has 0 atom stereocenters. The Morgan fingerprint density at radius 2 is 1.86 bits per heavy atom. The minimum Gasteiger partial charge on any atom is -0.497 e. The lowest BCUT2D eigenvalue weighted by molar-refractivity contribution is -0.123. The molecule has 0 radical (unpaired) electrons. The molecule has 0 aromatic heterocycles. The highest BCUT2D eigenvalue weighted by Gasteiger charge is 2.28. The first kappa shape index (κ1) is 24.1. The van der Waals surface area contributed by atoms with Crippen molar-refractivity contribution >= 4 is 40.6 Å². The number of benzene rings is 3. The van der Waals surface area contributed by atoms with Crippen LogP contribution in [-0.4, -0.2) is 44.5 Å². The maximum atomic E-state index is 12.8. The summed E-state index contributed by atoms with van der Waals surface area (Å²) in [5, 5.41) is 3.16. The van der Waals surface area contributed by atoms with E-state index < -0.39 is 11.8 Å². The molecule has 1 aliphatic heterocycles. The molecule has 180 valence electrons. The van der Waals surface area contributed by atoms with Crippen molar-refractivity contribution in [2.24, 2.45) is 0 Å². The van der Waals surface area contributed by atoms with Crippen molar-refractivity contribution in [3.63, 3.8) is 0 Å². The molecule has 0 spiro atoms. The van der Waals surface area contributed by atoms with E-state index in [9.17, 15) is 14.4 Å². The van der Waals surface area contributed by atoms with Crippen LogP contribution in [0.25, 0.3) is 0 Å². The summed E-state index contributed by atoms with van der Waals surface area (Å²) in [7, 11) is 1.55. The standard InChI is InChI=1S/C26H23ClN2O6/c1-16-3-9-23(20(27)11-16)34-14-22(30)17-4-10-24-21(12-17)29(26(32)15-35-24)13-25(31)28-18-5-7-19(33-2)8-6-18/h3-12H,13-15H2,1-2H3,(H,28,31). The summed E-state index contributed by atoms with van der Waals surface area (Å²) < 4.78 is 16.2. The van der Waals surface area contributed by atoms with Crippen molar-refractivity contribution in [2.45, 2.75) is 6.92 Å². The van der Waals surface area contributed by atoms with E-state index in [4.69, 9.17) is 25.8 Å². The molecular formula is C26H23ClN2O6. The summed E-state index contributed by atoms with van der Waals surface area (Å²) in [6, 6.07) is 16.8. The number of nitrogens with zero attached hydrogens (tertiary/aromatic N) is 1. The molecule has 0 saturated heterocycles. The number of Topliss-reactive ketones (excluding diaryl/α,β-unsaturated/α-hetero) is 1. The van der Waals surface area contributed by atoms with Crippen LogP contribution in [0, 0.1) is 6.92 Å². The van der Waals surface area contributed by atoms with Gasteiger partial charge in [0.1, 0.15) is 23.8 Å². The summed E-state index contributed by atoms with van der Waals surface area (Å²) in [5.41, 5.74) is 2.19. The third kappa shape index (κ3) is 5.73. The number of anilines is 2. The van der Waals surface area contributed by atoms with Gasteiger partial charge in [0.2, 0.25) is 5.91 Å². The number of ether oxygens (including phenoxy) is 3. The normalized spacial score (nSPS) is 12.4. The van der Waals surface area contributed by atoms with Crippen molar-refractivity contribution in [3.05, 3.63) is 76.8 Å². The van der Waals surface area contributed by atoms with Crippen LogP contribution >= 0.6 is 11.6 Å². The van der Waals surface area contributed by atoms with Gasteiger partial charge in [0.05, 0.1) is 17.8 Å². The molecule has 3 aromatic carbocycles. The minimum atomic E-state index is -0.398. The topological polar surface area (TPSA) is 94.2 Å². The Labute approximate surface area is 207 Å². The van der Waals surface area contributed by atoms with Crippen molar-refractivity contribution < 1.29 is 28.6 Å². The molecular weight excluding hydrogens is 472 g/mol. The number of fused-ring (bicyclic) bond motifs is 1. The second-order valence-corrected chi connectivity index (χ2v) is 8.28. The van der Waals surface area contributed by atoms with Crippen molar-refractivity contribution in [1.82, 2.24) is 0 Å². The first-order valence-corrected chi connectivity index (χ1v) is 11.1. The maximum absolute atomic E-state index is 12.8. The van der Waals surface area contributed by atoms with Gasteiger partial charge in [-0.3, -0.25) is 19.3 Å². The number of aryl methyl sites for hydroxylation is 1. The van der Waals surface area contributed by atoms with E-state index in [1.54, 1.807) is 55.6 Å². The highest BCUT2D eigenvalue weighted by atomic mass is 35.5. The average Bonchev–Trinajstić information content (AvgIpc) is 2.85. The van der Waals surface area contributed by atoms with Gasteiger partial charge in [-0.05, 0) is 67.1 Å². The third-order valence-corrected chi connectivity index (χ3v) is 5.64. The minimum absolute atomic E-state index is 0.203. The fourth-order valence-electron chi connectivity index (χ4n) is 3.52. The number of rotatable bonds is 8. The van der Waals surface area contributed by atoms with Gasteiger partial charge in [0.15, 0.2) is 19.0 Å². The van der Waals surface area contributed by atoms with Crippen molar-refractivity contribution in [1.29, 1.82) is 0 Å². The number of ketones is 1. The zero-order chi connectivity index (χ0) is 24.9. The summed E-state index contributed by atoms with van der Waals surface area (Å²) >= 11 is 6.17. The second kappa shape index (κ2) is 10.5. The smallest absolute Gasteiger partial charge is 0.265 e. The number of carbonyl (C=O) groups is 3. The Balaban J connectivity index is 1.47.